The minimum absolute atomic E-state index is 0.438. The Labute approximate surface area is 440 Å². The van der Waals surface area contributed by atoms with Crippen LogP contribution in [0.5, 0.6) is 0 Å². The van der Waals surface area contributed by atoms with Crippen molar-refractivity contribution in [2.45, 2.75) is 0 Å². The van der Waals surface area contributed by atoms with Crippen LogP contribution in [0.3, 0.4) is 0 Å². The molecule has 0 amide bonds. The predicted octanol–water partition coefficient (Wildman–Crippen LogP) is 18.6. The maximum atomic E-state index is 12.9. The average molecular weight is 1000 g/mol. The molecule has 0 aliphatic rings. The van der Waals surface area contributed by atoms with Gasteiger partial charge in [-0.15, -0.1) is 22.7 Å². The molecule has 0 aliphatic heterocycles. The van der Waals surface area contributed by atoms with Crippen LogP contribution in [0.25, 0.3) is 150 Å². The molecule has 0 aliphatic carbocycles. The average Bonchev–Trinajstić information content (AvgIpc) is 4.36. The first kappa shape index (κ1) is 41.5. The minimum atomic E-state index is 0.438. The van der Waals surface area contributed by atoms with E-state index in [2.05, 4.69) is 249 Å². The lowest BCUT2D eigenvalue weighted by Gasteiger charge is -2.27. The van der Waals surface area contributed by atoms with Crippen molar-refractivity contribution >= 4 is 150 Å². The molecule has 0 unspecified atom stereocenters. The third-order valence-electron chi connectivity index (χ3n) is 16.0. The molecule has 6 heterocycles. The molecule has 0 radical (unpaired) electrons. The molecule has 6 nitrogen and oxygen atoms in total. The standard InChI is InChI=1S/C68H36N6S2/c69-37-51-61(71-53-25-9-1-17-39(53)40-18-2-10-26-54(40)71)63(73-57-29-13-5-21-43(57)47-33-35-49-45-23-7-15-31-59(45)75-67(49)65(47)73)52(38-70)62(72-55-27-11-3-19-41(55)42-20-4-12-28-56(42)72)64(51)74-58-30-14-6-22-44(58)48-34-36-50-46-24-8-16-32-60(46)76-68(50)66(48)74/h1-36H. The van der Waals surface area contributed by atoms with Crippen molar-refractivity contribution in [2.75, 3.05) is 0 Å². The molecule has 8 heteroatoms. The first-order chi connectivity index (χ1) is 37.7. The van der Waals surface area contributed by atoms with Crippen molar-refractivity contribution in [3.05, 3.63) is 230 Å². The number of fused-ring (bicyclic) bond motifs is 20. The summed E-state index contributed by atoms with van der Waals surface area (Å²) in [7, 11) is 0. The van der Waals surface area contributed by atoms with Crippen LogP contribution in [-0.2, 0) is 0 Å². The molecule has 6 aromatic heterocycles. The molecule has 0 saturated carbocycles. The molecular formula is C68H36N6S2. The van der Waals surface area contributed by atoms with Gasteiger partial charge in [0.2, 0.25) is 0 Å². The number of nitriles is 2. The van der Waals surface area contributed by atoms with E-state index in [4.69, 9.17) is 0 Å². The van der Waals surface area contributed by atoms with Crippen LogP contribution in [0, 0.1) is 22.7 Å². The smallest absolute Gasteiger partial charge is 0.104 e. The van der Waals surface area contributed by atoms with Gasteiger partial charge in [-0.3, -0.25) is 0 Å². The molecule has 0 spiro atoms. The van der Waals surface area contributed by atoms with E-state index in [0.29, 0.717) is 33.9 Å². The van der Waals surface area contributed by atoms with E-state index >= 15 is 0 Å². The number of nitrogens with zero attached hydrogens (tertiary/aromatic N) is 6. The van der Waals surface area contributed by atoms with Crippen LogP contribution in [0.1, 0.15) is 11.1 Å². The largest absolute Gasteiger partial charge is 0.306 e. The Morgan fingerprint density at radius 2 is 0.500 bits per heavy atom. The molecule has 17 aromatic rings. The molecule has 0 N–H and O–H groups in total. The highest BCUT2D eigenvalue weighted by atomic mass is 32.1. The van der Waals surface area contributed by atoms with Gasteiger partial charge in [0, 0.05) is 74.0 Å². The van der Waals surface area contributed by atoms with Crippen molar-refractivity contribution in [3.63, 3.8) is 0 Å². The van der Waals surface area contributed by atoms with Crippen LogP contribution in [-0.4, -0.2) is 18.3 Å². The Hall–Kier alpha value is -9.96. The molecule has 350 valence electrons. The maximum absolute atomic E-state index is 12.9. The molecule has 76 heavy (non-hydrogen) atoms. The van der Waals surface area contributed by atoms with Crippen LogP contribution < -0.4 is 0 Å². The molecule has 0 saturated heterocycles. The summed E-state index contributed by atoms with van der Waals surface area (Å²) in [6, 6.07) is 83.4. The van der Waals surface area contributed by atoms with E-state index in [1.807, 2.05) is 0 Å². The predicted molar refractivity (Wildman–Crippen MR) is 319 cm³/mol. The van der Waals surface area contributed by atoms with Crippen molar-refractivity contribution in [2.24, 2.45) is 0 Å². The Morgan fingerprint density at radius 3 is 0.829 bits per heavy atom. The van der Waals surface area contributed by atoms with E-state index < -0.39 is 0 Å². The number of hydrogen-bond donors (Lipinski definition) is 0. The van der Waals surface area contributed by atoms with E-state index in [1.54, 1.807) is 22.7 Å². The van der Waals surface area contributed by atoms with Gasteiger partial charge < -0.3 is 18.3 Å². The van der Waals surface area contributed by atoms with E-state index in [0.717, 1.165) is 107 Å². The zero-order chi connectivity index (χ0) is 49.9. The van der Waals surface area contributed by atoms with Gasteiger partial charge >= 0.3 is 0 Å². The molecule has 0 fully saturated rings. The summed E-state index contributed by atoms with van der Waals surface area (Å²) < 4.78 is 13.9. The fourth-order valence-electron chi connectivity index (χ4n) is 13.0. The highest BCUT2D eigenvalue weighted by Crippen LogP contribution is 2.52. The van der Waals surface area contributed by atoms with Crippen molar-refractivity contribution in [3.8, 4) is 34.9 Å². The first-order valence-electron chi connectivity index (χ1n) is 25.4. The summed E-state index contributed by atoms with van der Waals surface area (Å²) in [6.07, 6.45) is 0. The summed E-state index contributed by atoms with van der Waals surface area (Å²) in [5.41, 5.74) is 11.0. The highest BCUT2D eigenvalue weighted by molar-refractivity contribution is 7.27. The molecular weight excluding hydrogens is 965 g/mol. The Morgan fingerprint density at radius 1 is 0.250 bits per heavy atom. The minimum Gasteiger partial charge on any atom is -0.306 e. The Balaban J connectivity index is 1.21. The lowest BCUT2D eigenvalue weighted by molar-refractivity contribution is 1.03. The molecule has 11 aromatic carbocycles. The molecule has 0 atom stereocenters. The number of benzene rings is 11. The summed E-state index contributed by atoms with van der Waals surface area (Å²) in [6.45, 7) is 0. The van der Waals surface area contributed by atoms with Crippen LogP contribution in [0.2, 0.25) is 0 Å². The number of rotatable bonds is 4. The van der Waals surface area contributed by atoms with Crippen molar-refractivity contribution in [1.29, 1.82) is 10.5 Å². The lowest BCUT2D eigenvalue weighted by Crippen LogP contribution is -2.16. The van der Waals surface area contributed by atoms with Gasteiger partial charge in [0.05, 0.1) is 76.3 Å². The summed E-state index contributed by atoms with van der Waals surface area (Å²) in [5, 5.41) is 38.9. The van der Waals surface area contributed by atoms with Gasteiger partial charge in [0.15, 0.2) is 0 Å². The highest BCUT2D eigenvalue weighted by Gasteiger charge is 2.35. The monoisotopic (exact) mass is 1000 g/mol. The van der Waals surface area contributed by atoms with Gasteiger partial charge in [0.25, 0.3) is 0 Å². The normalized spacial score (nSPS) is 12.2. The third-order valence-corrected chi connectivity index (χ3v) is 18.4. The van der Waals surface area contributed by atoms with E-state index in [-0.39, 0.29) is 0 Å². The number of thiophene rings is 2. The first-order valence-corrected chi connectivity index (χ1v) is 27.0. The summed E-state index contributed by atoms with van der Waals surface area (Å²) in [4.78, 5) is 0. The van der Waals surface area contributed by atoms with Gasteiger partial charge in [-0.2, -0.15) is 10.5 Å². The Bertz CT molecular complexity index is 5070. The van der Waals surface area contributed by atoms with Crippen molar-refractivity contribution < 1.29 is 0 Å². The fraction of sp³-hybridized carbons (Fsp3) is 0. The van der Waals surface area contributed by atoms with Crippen molar-refractivity contribution in [1.82, 2.24) is 18.3 Å². The van der Waals surface area contributed by atoms with E-state index in [9.17, 15) is 10.5 Å². The van der Waals surface area contributed by atoms with Gasteiger partial charge in [-0.1, -0.05) is 170 Å². The third kappa shape index (κ3) is 5.26. The van der Waals surface area contributed by atoms with E-state index in [1.165, 1.54) is 20.2 Å². The zero-order valence-corrected chi connectivity index (χ0v) is 41.9. The summed E-state index contributed by atoms with van der Waals surface area (Å²) in [5.74, 6) is 0. The van der Waals surface area contributed by atoms with Gasteiger partial charge in [-0.05, 0) is 48.5 Å². The van der Waals surface area contributed by atoms with Crippen LogP contribution in [0.15, 0.2) is 218 Å². The van der Waals surface area contributed by atoms with Gasteiger partial charge in [-0.25, -0.2) is 0 Å². The zero-order valence-electron chi connectivity index (χ0n) is 40.3. The SMILES string of the molecule is N#Cc1c(-n2c3ccccc3c3ccccc32)c(-n2c3ccccc3c3ccc4c5ccccc5sc4c32)c(C#N)c(-n2c3ccccc3c3ccccc32)c1-n1c2ccccc2c2ccc3c4ccccc4sc3c21. The quantitative estimate of drug-likeness (QED) is 0.176. The molecule has 0 bridgehead atoms. The number of aromatic nitrogens is 4. The topological polar surface area (TPSA) is 67.3 Å². The van der Waals surface area contributed by atoms with Crippen LogP contribution in [0.4, 0.5) is 0 Å². The Kier molecular flexibility index (Phi) is 8.36. The fourth-order valence-corrected chi connectivity index (χ4v) is 15.5. The lowest BCUT2D eigenvalue weighted by atomic mass is 9.98. The summed E-state index contributed by atoms with van der Waals surface area (Å²) >= 11 is 3.55. The second kappa shape index (κ2) is 15.3. The maximum Gasteiger partial charge on any atom is 0.104 e. The van der Waals surface area contributed by atoms with Gasteiger partial charge in [0.1, 0.15) is 23.3 Å². The second-order valence-electron chi connectivity index (χ2n) is 19.7. The molecule has 17 rings (SSSR count). The number of para-hydroxylation sites is 6. The van der Waals surface area contributed by atoms with Crippen LogP contribution >= 0.6 is 22.7 Å². The number of hydrogen-bond acceptors (Lipinski definition) is 4. The second-order valence-corrected chi connectivity index (χ2v) is 21.8.